The zero-order chi connectivity index (χ0) is 23.9. The Hall–Kier alpha value is -0.560. The maximum Gasteiger partial charge on any atom is 0.187 e. The molecule has 0 spiro atoms. The van der Waals surface area contributed by atoms with Crippen molar-refractivity contribution >= 4 is 0 Å². The molecule has 14 heteroatoms. The van der Waals surface area contributed by atoms with Gasteiger partial charge in [0.1, 0.15) is 61.0 Å². The van der Waals surface area contributed by atoms with Crippen LogP contribution in [0, 0.1) is 0 Å². The molecule has 15 atom stereocenters. The van der Waals surface area contributed by atoms with Gasteiger partial charge in [-0.15, -0.1) is 0 Å². The van der Waals surface area contributed by atoms with Crippen LogP contribution in [0.4, 0.5) is 0 Å². The summed E-state index contributed by atoms with van der Waals surface area (Å²) in [7, 11) is 0. The highest BCUT2D eigenvalue weighted by molar-refractivity contribution is 4.93. The number of aliphatic hydroxyl groups excluding tert-OH is 9. The normalized spacial score (nSPS) is 55.0. The first-order valence-electron chi connectivity index (χ1n) is 10.3. The van der Waals surface area contributed by atoms with Crippen molar-refractivity contribution in [2.45, 2.75) is 106 Å². The monoisotopic (exact) mass is 472 g/mol. The third-order valence-electron chi connectivity index (χ3n) is 6.00. The molecule has 0 aromatic carbocycles. The summed E-state index contributed by atoms with van der Waals surface area (Å²) in [6.45, 7) is 2.39. The van der Waals surface area contributed by atoms with Gasteiger partial charge in [-0.3, -0.25) is 0 Å². The Balaban J connectivity index is 1.70. The molecule has 1 unspecified atom stereocenters. The molecule has 0 amide bonds. The van der Waals surface area contributed by atoms with Gasteiger partial charge in [0, 0.05) is 0 Å². The van der Waals surface area contributed by atoms with Gasteiger partial charge >= 0.3 is 0 Å². The molecule has 3 heterocycles. The van der Waals surface area contributed by atoms with Crippen LogP contribution in [0.25, 0.3) is 0 Å². The summed E-state index contributed by atoms with van der Waals surface area (Å²) in [6, 6.07) is 0. The minimum Gasteiger partial charge on any atom is -0.388 e. The Morgan fingerprint density at radius 2 is 1.09 bits per heavy atom. The van der Waals surface area contributed by atoms with Gasteiger partial charge in [-0.05, 0) is 13.8 Å². The van der Waals surface area contributed by atoms with E-state index in [0.29, 0.717) is 0 Å². The maximum absolute atomic E-state index is 10.5. The third-order valence-corrected chi connectivity index (χ3v) is 6.00. The molecule has 188 valence electrons. The van der Waals surface area contributed by atoms with Gasteiger partial charge in [-0.25, -0.2) is 0 Å². The van der Waals surface area contributed by atoms with Gasteiger partial charge in [0.05, 0.1) is 18.8 Å². The van der Waals surface area contributed by atoms with E-state index in [9.17, 15) is 46.0 Å². The van der Waals surface area contributed by atoms with Crippen molar-refractivity contribution in [3.63, 3.8) is 0 Å². The lowest BCUT2D eigenvalue weighted by atomic mass is 9.97. The molecule has 0 aromatic rings. The molecular formula is C18H32O14. The maximum atomic E-state index is 10.5. The quantitative estimate of drug-likeness (QED) is 0.182. The van der Waals surface area contributed by atoms with Crippen LogP contribution in [-0.2, 0) is 23.7 Å². The molecule has 14 nitrogen and oxygen atoms in total. The van der Waals surface area contributed by atoms with E-state index in [4.69, 9.17) is 23.7 Å². The largest absolute Gasteiger partial charge is 0.388 e. The molecule has 9 N–H and O–H groups in total. The van der Waals surface area contributed by atoms with E-state index >= 15 is 0 Å². The minimum absolute atomic E-state index is 0.492. The molecule has 0 bridgehead atoms. The van der Waals surface area contributed by atoms with E-state index in [2.05, 4.69) is 0 Å². The van der Waals surface area contributed by atoms with Crippen molar-refractivity contribution in [1.82, 2.24) is 0 Å². The van der Waals surface area contributed by atoms with Gasteiger partial charge in [0.15, 0.2) is 18.9 Å². The molecule has 3 aliphatic rings. The number of hydrogen-bond acceptors (Lipinski definition) is 14. The van der Waals surface area contributed by atoms with E-state index < -0.39 is 98.7 Å². The Kier molecular flexibility index (Phi) is 8.44. The first-order valence-corrected chi connectivity index (χ1v) is 10.3. The van der Waals surface area contributed by atoms with Crippen LogP contribution < -0.4 is 0 Å². The van der Waals surface area contributed by atoms with E-state index in [-0.39, 0.29) is 0 Å². The van der Waals surface area contributed by atoms with Crippen LogP contribution in [0.15, 0.2) is 0 Å². The highest BCUT2D eigenvalue weighted by Gasteiger charge is 2.50. The second-order valence-electron chi connectivity index (χ2n) is 8.34. The Labute approximate surface area is 183 Å². The Morgan fingerprint density at radius 3 is 1.72 bits per heavy atom. The summed E-state index contributed by atoms with van der Waals surface area (Å²) in [4.78, 5) is 0. The molecule has 0 aromatic heterocycles. The van der Waals surface area contributed by atoms with Crippen LogP contribution in [0.3, 0.4) is 0 Å². The summed E-state index contributed by atoms with van der Waals surface area (Å²) in [5.74, 6) is 0. The molecular weight excluding hydrogens is 440 g/mol. The predicted molar refractivity (Wildman–Crippen MR) is 98.4 cm³/mol. The molecule has 3 aliphatic heterocycles. The summed E-state index contributed by atoms with van der Waals surface area (Å²) in [6.07, 6.45) is -22.1. The molecule has 3 saturated heterocycles. The predicted octanol–water partition coefficient (Wildman–Crippen LogP) is -5.52. The highest BCUT2D eigenvalue weighted by atomic mass is 16.8. The topological polar surface area (TPSA) is 228 Å². The fraction of sp³-hybridized carbons (Fsp3) is 1.00. The van der Waals surface area contributed by atoms with Crippen LogP contribution in [0.1, 0.15) is 13.8 Å². The van der Waals surface area contributed by atoms with E-state index in [1.165, 1.54) is 13.8 Å². The van der Waals surface area contributed by atoms with Gasteiger partial charge in [-0.2, -0.15) is 0 Å². The summed E-state index contributed by atoms with van der Waals surface area (Å²) >= 11 is 0. The smallest absolute Gasteiger partial charge is 0.187 e. The van der Waals surface area contributed by atoms with Crippen LogP contribution in [-0.4, -0.2) is 145 Å². The van der Waals surface area contributed by atoms with Gasteiger partial charge < -0.3 is 69.6 Å². The van der Waals surface area contributed by atoms with E-state index in [1.54, 1.807) is 0 Å². The molecule has 3 rings (SSSR count). The van der Waals surface area contributed by atoms with Crippen molar-refractivity contribution in [3.05, 3.63) is 0 Å². The van der Waals surface area contributed by atoms with E-state index in [1.807, 2.05) is 0 Å². The lowest BCUT2D eigenvalue weighted by molar-refractivity contribution is -0.367. The Bertz CT molecular complexity index is 610. The van der Waals surface area contributed by atoms with Crippen molar-refractivity contribution in [3.8, 4) is 0 Å². The standard InChI is InChI=1S/C18H32O14/c1-4-7(19)10(22)14(26)17(29-4)32-15-12(24)8(20)5(2)30-18(15)28-3-6-9(21)11(23)13(25)16(27)31-6/h4-27H,3H2,1-2H3/t4-,5-,6+,7-,8-,9-,10+,11-,12+,13+,14+,15+,16?,17-,18+/m0/s1. The lowest BCUT2D eigenvalue weighted by Gasteiger charge is -2.46. The van der Waals surface area contributed by atoms with Crippen LogP contribution in [0.5, 0.6) is 0 Å². The van der Waals surface area contributed by atoms with Crippen molar-refractivity contribution < 1.29 is 69.6 Å². The van der Waals surface area contributed by atoms with Crippen LogP contribution in [0.2, 0.25) is 0 Å². The van der Waals surface area contributed by atoms with Crippen molar-refractivity contribution in [2.24, 2.45) is 0 Å². The summed E-state index contributed by atoms with van der Waals surface area (Å²) in [5.41, 5.74) is 0. The zero-order valence-electron chi connectivity index (χ0n) is 17.4. The number of ether oxygens (including phenoxy) is 5. The van der Waals surface area contributed by atoms with E-state index in [0.717, 1.165) is 0 Å². The van der Waals surface area contributed by atoms with Gasteiger partial charge in [0.25, 0.3) is 0 Å². The third kappa shape index (κ3) is 5.08. The molecule has 3 fully saturated rings. The SMILES string of the molecule is C[C@@H]1O[C@@H](O[C@H]2[C@H](OC[C@H]3OC(O)[C@H](O)[C@@H](O)[C@H]3O)O[C@@H](C)[C@H](O)[C@H]2O)[C@H](O)[C@H](O)[C@H]1O. The van der Waals surface area contributed by atoms with Crippen molar-refractivity contribution in [1.29, 1.82) is 0 Å². The first-order chi connectivity index (χ1) is 14.9. The number of aliphatic hydroxyl groups is 9. The molecule has 0 aliphatic carbocycles. The fourth-order valence-electron chi connectivity index (χ4n) is 3.82. The summed E-state index contributed by atoms with van der Waals surface area (Å²) < 4.78 is 27.0. The highest BCUT2D eigenvalue weighted by Crippen LogP contribution is 2.30. The second kappa shape index (κ2) is 10.4. The molecule has 32 heavy (non-hydrogen) atoms. The minimum atomic E-state index is -1.78. The average Bonchev–Trinajstić information content (AvgIpc) is 2.76. The van der Waals surface area contributed by atoms with Gasteiger partial charge in [-0.1, -0.05) is 0 Å². The average molecular weight is 472 g/mol. The molecule has 0 saturated carbocycles. The van der Waals surface area contributed by atoms with Gasteiger partial charge in [0.2, 0.25) is 0 Å². The summed E-state index contributed by atoms with van der Waals surface area (Å²) in [5, 5.41) is 89.7. The number of rotatable bonds is 5. The lowest BCUT2D eigenvalue weighted by Crippen LogP contribution is -2.64. The Morgan fingerprint density at radius 1 is 0.562 bits per heavy atom. The van der Waals surface area contributed by atoms with Crippen molar-refractivity contribution in [2.75, 3.05) is 6.61 Å². The second-order valence-corrected chi connectivity index (χ2v) is 8.34. The fourth-order valence-corrected chi connectivity index (χ4v) is 3.82. The molecule has 0 radical (unpaired) electrons. The zero-order valence-corrected chi connectivity index (χ0v) is 17.4. The first kappa shape index (κ1) is 26.1. The number of hydrogen-bond donors (Lipinski definition) is 9. The van der Waals surface area contributed by atoms with Crippen LogP contribution >= 0.6 is 0 Å².